The summed E-state index contributed by atoms with van der Waals surface area (Å²) in [5.41, 5.74) is 6.81. The van der Waals surface area contributed by atoms with E-state index >= 15 is 0 Å². The fourth-order valence-corrected chi connectivity index (χ4v) is 1.38. The molecular weight excluding hydrogens is 197 g/mol. The van der Waals surface area contributed by atoms with Crippen molar-refractivity contribution in [1.29, 1.82) is 0 Å². The highest BCUT2D eigenvalue weighted by atomic mass is 19.1. The summed E-state index contributed by atoms with van der Waals surface area (Å²) in [4.78, 5) is 11.1. The highest BCUT2D eigenvalue weighted by molar-refractivity contribution is 5.75. The van der Waals surface area contributed by atoms with Gasteiger partial charge in [-0.15, -0.1) is 0 Å². The van der Waals surface area contributed by atoms with E-state index in [1.807, 2.05) is 0 Å². The lowest BCUT2D eigenvalue weighted by Crippen LogP contribution is -2.34. The number of benzene rings is 1. The zero-order valence-electron chi connectivity index (χ0n) is 8.79. The summed E-state index contributed by atoms with van der Waals surface area (Å²) < 4.78 is 17.8. The van der Waals surface area contributed by atoms with Crippen LogP contribution in [0.3, 0.4) is 0 Å². The molecule has 0 radical (unpaired) electrons. The second kappa shape index (κ2) is 4.89. The molecule has 1 rings (SSSR count). The Morgan fingerprint density at radius 2 is 2.27 bits per heavy atom. The maximum Gasteiger partial charge on any atom is 0.322 e. The van der Waals surface area contributed by atoms with Crippen molar-refractivity contribution in [3.8, 4) is 0 Å². The van der Waals surface area contributed by atoms with Crippen LogP contribution < -0.4 is 5.73 Å². The molecule has 0 saturated carbocycles. The van der Waals surface area contributed by atoms with Crippen molar-refractivity contribution in [3.05, 3.63) is 35.1 Å². The van der Waals surface area contributed by atoms with Crippen LogP contribution in [-0.4, -0.2) is 19.1 Å². The molecule has 0 aliphatic carbocycles. The van der Waals surface area contributed by atoms with Gasteiger partial charge in [-0.2, -0.15) is 0 Å². The molecule has 0 unspecified atom stereocenters. The number of carbonyl (C=O) groups excluding carboxylic acids is 1. The molecule has 1 atom stereocenters. The van der Waals surface area contributed by atoms with Crippen LogP contribution in [0.5, 0.6) is 0 Å². The standard InChI is InChI=1S/C11H14FNO2/c1-7-4-3-5-9(12)8(7)6-10(13)11(14)15-2/h3-5,10H,6,13H2,1-2H3/t10-/m0/s1. The van der Waals surface area contributed by atoms with Gasteiger partial charge in [-0.1, -0.05) is 12.1 Å². The van der Waals surface area contributed by atoms with Crippen LogP contribution in [0.1, 0.15) is 11.1 Å². The van der Waals surface area contributed by atoms with Crippen molar-refractivity contribution in [3.63, 3.8) is 0 Å². The molecule has 15 heavy (non-hydrogen) atoms. The Kier molecular flexibility index (Phi) is 3.80. The second-order valence-electron chi connectivity index (χ2n) is 3.37. The van der Waals surface area contributed by atoms with E-state index in [0.29, 0.717) is 5.56 Å². The number of methoxy groups -OCH3 is 1. The monoisotopic (exact) mass is 211 g/mol. The van der Waals surface area contributed by atoms with E-state index in [9.17, 15) is 9.18 Å². The second-order valence-corrected chi connectivity index (χ2v) is 3.37. The summed E-state index contributed by atoms with van der Waals surface area (Å²) in [6.45, 7) is 1.78. The molecule has 0 aliphatic rings. The normalized spacial score (nSPS) is 12.3. The Hall–Kier alpha value is -1.42. The Bertz CT molecular complexity index is 345. The topological polar surface area (TPSA) is 52.3 Å². The third kappa shape index (κ3) is 2.76. The van der Waals surface area contributed by atoms with Gasteiger partial charge in [-0.05, 0) is 24.1 Å². The minimum absolute atomic E-state index is 0.158. The summed E-state index contributed by atoms with van der Waals surface area (Å²) in [7, 11) is 1.26. The number of hydrogen-bond donors (Lipinski definition) is 1. The summed E-state index contributed by atoms with van der Waals surface area (Å²) >= 11 is 0. The van der Waals surface area contributed by atoms with Gasteiger partial charge in [0, 0.05) is 6.42 Å². The molecule has 0 fully saturated rings. The largest absolute Gasteiger partial charge is 0.468 e. The summed E-state index contributed by atoms with van der Waals surface area (Å²) in [6, 6.07) is 3.94. The van der Waals surface area contributed by atoms with Gasteiger partial charge in [0.25, 0.3) is 0 Å². The van der Waals surface area contributed by atoms with Gasteiger partial charge in [-0.25, -0.2) is 4.39 Å². The summed E-state index contributed by atoms with van der Waals surface area (Å²) in [5.74, 6) is -0.869. The molecule has 0 heterocycles. The Morgan fingerprint density at radius 3 is 2.80 bits per heavy atom. The summed E-state index contributed by atoms with van der Waals surface area (Å²) in [5, 5.41) is 0. The van der Waals surface area contributed by atoms with Crippen molar-refractivity contribution >= 4 is 5.97 Å². The first-order valence-corrected chi connectivity index (χ1v) is 4.63. The van der Waals surface area contributed by atoms with Gasteiger partial charge < -0.3 is 10.5 Å². The fourth-order valence-electron chi connectivity index (χ4n) is 1.38. The molecule has 82 valence electrons. The highest BCUT2D eigenvalue weighted by Crippen LogP contribution is 2.14. The van der Waals surface area contributed by atoms with Crippen LogP contribution in [0, 0.1) is 12.7 Å². The molecule has 1 aromatic carbocycles. The molecule has 3 nitrogen and oxygen atoms in total. The molecule has 0 spiro atoms. The summed E-state index contributed by atoms with van der Waals surface area (Å²) in [6.07, 6.45) is 0.158. The third-order valence-corrected chi connectivity index (χ3v) is 2.28. The van der Waals surface area contributed by atoms with E-state index in [2.05, 4.69) is 4.74 Å². The molecule has 2 N–H and O–H groups in total. The van der Waals surface area contributed by atoms with Crippen molar-refractivity contribution < 1.29 is 13.9 Å². The van der Waals surface area contributed by atoms with Crippen molar-refractivity contribution in [1.82, 2.24) is 0 Å². The highest BCUT2D eigenvalue weighted by Gasteiger charge is 2.17. The van der Waals surface area contributed by atoms with E-state index < -0.39 is 12.0 Å². The lowest BCUT2D eigenvalue weighted by Gasteiger charge is -2.11. The molecule has 0 saturated heterocycles. The third-order valence-electron chi connectivity index (χ3n) is 2.28. The number of halogens is 1. The van der Waals surface area contributed by atoms with Crippen LogP contribution in [0.15, 0.2) is 18.2 Å². The molecule has 0 amide bonds. The Morgan fingerprint density at radius 1 is 1.60 bits per heavy atom. The fraction of sp³-hybridized carbons (Fsp3) is 0.364. The molecule has 1 aromatic rings. The quantitative estimate of drug-likeness (QED) is 0.764. The van der Waals surface area contributed by atoms with E-state index in [1.54, 1.807) is 19.1 Å². The van der Waals surface area contributed by atoms with Crippen LogP contribution in [-0.2, 0) is 16.0 Å². The van der Waals surface area contributed by atoms with Gasteiger partial charge >= 0.3 is 5.97 Å². The van der Waals surface area contributed by atoms with Crippen molar-refractivity contribution in [2.75, 3.05) is 7.11 Å². The predicted molar refractivity (Wildman–Crippen MR) is 54.8 cm³/mol. The van der Waals surface area contributed by atoms with Gasteiger partial charge in [0.1, 0.15) is 11.9 Å². The lowest BCUT2D eigenvalue weighted by atomic mass is 10.0. The van der Waals surface area contributed by atoms with Crippen molar-refractivity contribution in [2.24, 2.45) is 5.73 Å². The number of nitrogens with two attached hydrogens (primary N) is 1. The van der Waals surface area contributed by atoms with Crippen LogP contribution in [0.4, 0.5) is 4.39 Å². The Balaban J connectivity index is 2.85. The number of carbonyl (C=O) groups is 1. The van der Waals surface area contributed by atoms with Gasteiger partial charge in [0.05, 0.1) is 7.11 Å². The SMILES string of the molecule is COC(=O)[C@@H](N)Cc1c(C)cccc1F. The first-order valence-electron chi connectivity index (χ1n) is 4.63. The smallest absolute Gasteiger partial charge is 0.322 e. The Labute approximate surface area is 88.0 Å². The van der Waals surface area contributed by atoms with Crippen molar-refractivity contribution in [2.45, 2.75) is 19.4 Å². The first kappa shape index (κ1) is 11.7. The van der Waals surface area contributed by atoms with E-state index in [0.717, 1.165) is 5.56 Å². The predicted octanol–water partition coefficient (Wildman–Crippen LogP) is 1.18. The van der Waals surface area contributed by atoms with Crippen LogP contribution in [0.2, 0.25) is 0 Å². The van der Waals surface area contributed by atoms with E-state index in [1.165, 1.54) is 13.2 Å². The van der Waals surface area contributed by atoms with E-state index in [4.69, 9.17) is 5.73 Å². The zero-order chi connectivity index (χ0) is 11.4. The lowest BCUT2D eigenvalue weighted by molar-refractivity contribution is -0.142. The number of ether oxygens (including phenoxy) is 1. The number of esters is 1. The maximum atomic E-state index is 13.4. The van der Waals surface area contributed by atoms with Crippen LogP contribution in [0.25, 0.3) is 0 Å². The molecule has 0 aromatic heterocycles. The van der Waals surface area contributed by atoms with Crippen LogP contribution >= 0.6 is 0 Å². The minimum Gasteiger partial charge on any atom is -0.468 e. The minimum atomic E-state index is -0.814. The number of aryl methyl sites for hydroxylation is 1. The molecule has 4 heteroatoms. The molecule has 0 bridgehead atoms. The first-order chi connectivity index (χ1) is 7.06. The zero-order valence-corrected chi connectivity index (χ0v) is 8.79. The maximum absolute atomic E-state index is 13.4. The average Bonchev–Trinajstić information content (AvgIpc) is 2.22. The van der Waals surface area contributed by atoms with E-state index in [-0.39, 0.29) is 12.2 Å². The molecule has 0 aliphatic heterocycles. The number of rotatable bonds is 3. The van der Waals surface area contributed by atoms with Gasteiger partial charge in [-0.3, -0.25) is 4.79 Å². The number of hydrogen-bond acceptors (Lipinski definition) is 3. The van der Waals surface area contributed by atoms with Gasteiger partial charge in [0.15, 0.2) is 0 Å². The average molecular weight is 211 g/mol. The molecular formula is C11H14FNO2. The van der Waals surface area contributed by atoms with Gasteiger partial charge in [0.2, 0.25) is 0 Å².